The molecule has 3 aromatic rings. The summed E-state index contributed by atoms with van der Waals surface area (Å²) in [4.78, 5) is 21.1. The number of carbonyl (C=O) groups is 1. The molecule has 0 unspecified atom stereocenters. The summed E-state index contributed by atoms with van der Waals surface area (Å²) >= 11 is 13.6. The first-order valence-electron chi connectivity index (χ1n) is 9.94. The van der Waals surface area contributed by atoms with Crippen LogP contribution in [0, 0.1) is 6.92 Å². The molecule has 1 heterocycles. The molecule has 1 aromatic heterocycles. The first kappa shape index (κ1) is 26.2. The molecule has 0 spiro atoms. The molecule has 11 heteroatoms. The van der Waals surface area contributed by atoms with E-state index in [0.717, 1.165) is 21.1 Å². The highest BCUT2D eigenvalue weighted by atomic mass is 35.5. The van der Waals surface area contributed by atoms with Gasteiger partial charge in [-0.1, -0.05) is 41.4 Å². The van der Waals surface area contributed by atoms with Crippen LogP contribution in [-0.2, 0) is 14.9 Å². The maximum atomic E-state index is 13.1. The van der Waals surface area contributed by atoms with Crippen molar-refractivity contribution in [3.63, 3.8) is 0 Å². The second-order valence-electron chi connectivity index (χ2n) is 7.56. The number of amides is 1. The number of halogens is 2. The summed E-state index contributed by atoms with van der Waals surface area (Å²) in [6.07, 6.45) is 1.23. The van der Waals surface area contributed by atoms with Gasteiger partial charge in [-0.05, 0) is 47.9 Å². The smallest absolute Gasteiger partial charge is 0.287 e. The molecular formula is C23H23Cl2N3O4S2. The predicted octanol–water partition coefficient (Wildman–Crippen LogP) is 5.61. The van der Waals surface area contributed by atoms with Crippen LogP contribution in [0.5, 0.6) is 0 Å². The number of hydrogen-bond donors (Lipinski definition) is 0. The van der Waals surface area contributed by atoms with Gasteiger partial charge in [0, 0.05) is 31.6 Å². The van der Waals surface area contributed by atoms with Crippen LogP contribution >= 0.6 is 34.5 Å². The highest BCUT2D eigenvalue weighted by Crippen LogP contribution is 2.43. The van der Waals surface area contributed by atoms with E-state index in [9.17, 15) is 13.2 Å². The van der Waals surface area contributed by atoms with Crippen LogP contribution in [0.1, 0.15) is 15.2 Å². The SMILES string of the molecule is CON(C)C(=O)c1sc(-c2ccc(Cl)c(Cl)c2)c(C)c1-c1ccc(S(=O)(=O)/N=C/N(C)C)cc1. The van der Waals surface area contributed by atoms with Crippen molar-refractivity contribution in [2.24, 2.45) is 4.40 Å². The molecule has 0 aliphatic rings. The average Bonchev–Trinajstić information content (AvgIpc) is 3.15. The average molecular weight is 540 g/mol. The zero-order valence-electron chi connectivity index (χ0n) is 19.2. The summed E-state index contributed by atoms with van der Waals surface area (Å²) in [6, 6.07) is 11.6. The normalized spacial score (nSPS) is 11.7. The van der Waals surface area contributed by atoms with E-state index in [1.54, 1.807) is 38.4 Å². The highest BCUT2D eigenvalue weighted by molar-refractivity contribution is 7.90. The van der Waals surface area contributed by atoms with Gasteiger partial charge in [0.15, 0.2) is 0 Å². The lowest BCUT2D eigenvalue weighted by Crippen LogP contribution is -2.25. The van der Waals surface area contributed by atoms with Crippen LogP contribution in [0.4, 0.5) is 0 Å². The van der Waals surface area contributed by atoms with E-state index in [4.69, 9.17) is 28.0 Å². The first-order chi connectivity index (χ1) is 16.0. The first-order valence-corrected chi connectivity index (χ1v) is 13.0. The van der Waals surface area contributed by atoms with Gasteiger partial charge in [-0.15, -0.1) is 15.7 Å². The van der Waals surface area contributed by atoms with Crippen molar-refractivity contribution in [3.8, 4) is 21.6 Å². The van der Waals surface area contributed by atoms with Gasteiger partial charge in [0.05, 0.1) is 22.1 Å². The minimum atomic E-state index is -3.85. The van der Waals surface area contributed by atoms with E-state index in [1.165, 1.54) is 48.9 Å². The molecule has 0 bridgehead atoms. The Morgan fingerprint density at radius 1 is 1.03 bits per heavy atom. The quantitative estimate of drug-likeness (QED) is 0.221. The zero-order valence-corrected chi connectivity index (χ0v) is 22.3. The number of sulfonamides is 1. The predicted molar refractivity (Wildman–Crippen MR) is 138 cm³/mol. The minimum Gasteiger partial charge on any atom is -0.368 e. The molecule has 0 radical (unpaired) electrons. The van der Waals surface area contributed by atoms with Crippen LogP contribution in [0.3, 0.4) is 0 Å². The van der Waals surface area contributed by atoms with Gasteiger partial charge in [0.1, 0.15) is 11.2 Å². The van der Waals surface area contributed by atoms with E-state index in [1.807, 2.05) is 13.0 Å². The van der Waals surface area contributed by atoms with Gasteiger partial charge in [0.2, 0.25) is 0 Å². The summed E-state index contributed by atoms with van der Waals surface area (Å²) in [5.41, 5.74) is 3.02. The maximum Gasteiger partial charge on any atom is 0.287 e. The molecule has 180 valence electrons. The van der Waals surface area contributed by atoms with Gasteiger partial charge in [-0.25, -0.2) is 5.06 Å². The zero-order chi connectivity index (χ0) is 25.2. The maximum absolute atomic E-state index is 13.1. The lowest BCUT2D eigenvalue weighted by atomic mass is 9.99. The Labute approximate surface area is 213 Å². The molecule has 1 amide bonds. The van der Waals surface area contributed by atoms with Crippen molar-refractivity contribution in [3.05, 3.63) is 63.0 Å². The summed E-state index contributed by atoms with van der Waals surface area (Å²) in [5, 5.41) is 1.98. The number of carbonyl (C=O) groups excluding carboxylic acids is 1. The molecule has 2 aromatic carbocycles. The number of thiophene rings is 1. The van der Waals surface area contributed by atoms with Crippen molar-refractivity contribution < 1.29 is 18.0 Å². The second-order valence-corrected chi connectivity index (χ2v) is 11.0. The Morgan fingerprint density at radius 2 is 1.65 bits per heavy atom. The second kappa shape index (κ2) is 10.5. The third-order valence-electron chi connectivity index (χ3n) is 4.94. The Kier molecular flexibility index (Phi) is 8.05. The molecule has 0 aliphatic heterocycles. The Hall–Kier alpha value is -2.43. The van der Waals surface area contributed by atoms with Gasteiger partial charge in [-0.3, -0.25) is 9.63 Å². The Balaban J connectivity index is 2.15. The minimum absolute atomic E-state index is 0.0498. The lowest BCUT2D eigenvalue weighted by Gasteiger charge is -2.14. The van der Waals surface area contributed by atoms with Crippen LogP contribution < -0.4 is 0 Å². The fourth-order valence-corrected chi connectivity index (χ4v) is 5.67. The Bertz CT molecular complexity index is 1350. The van der Waals surface area contributed by atoms with Gasteiger partial charge < -0.3 is 4.90 Å². The van der Waals surface area contributed by atoms with Crippen molar-refractivity contribution in [2.45, 2.75) is 11.8 Å². The molecule has 0 aliphatic carbocycles. The highest BCUT2D eigenvalue weighted by Gasteiger charge is 2.25. The molecule has 0 saturated heterocycles. The summed E-state index contributed by atoms with van der Waals surface area (Å²) in [6.45, 7) is 1.90. The van der Waals surface area contributed by atoms with Gasteiger partial charge in [0.25, 0.3) is 15.9 Å². The van der Waals surface area contributed by atoms with Crippen molar-refractivity contribution >= 4 is 56.8 Å². The fraction of sp³-hybridized carbons (Fsp3) is 0.217. The number of nitrogens with zero attached hydrogens (tertiary/aromatic N) is 3. The number of hydrogen-bond acceptors (Lipinski definition) is 5. The molecule has 7 nitrogen and oxygen atoms in total. The van der Waals surface area contributed by atoms with Crippen LogP contribution in [0.15, 0.2) is 51.8 Å². The molecule has 0 N–H and O–H groups in total. The third-order valence-corrected chi connectivity index (χ3v) is 8.25. The standard InChI is InChI=1S/C23H23Cl2N3O4S2/c1-14-20(15-6-9-17(10-7-15)34(30,31)26-13-27(2)3)22(23(29)28(4)32-5)33-21(14)16-8-11-18(24)19(25)12-16/h6-13H,1-5H3/b26-13+. The van der Waals surface area contributed by atoms with Crippen molar-refractivity contribution in [1.29, 1.82) is 0 Å². The van der Waals surface area contributed by atoms with Crippen LogP contribution in [0.25, 0.3) is 21.6 Å². The van der Waals surface area contributed by atoms with E-state index in [2.05, 4.69) is 4.40 Å². The fourth-order valence-electron chi connectivity index (χ4n) is 3.16. The molecule has 0 atom stereocenters. The van der Waals surface area contributed by atoms with E-state index in [0.29, 0.717) is 26.0 Å². The Morgan fingerprint density at radius 3 is 2.21 bits per heavy atom. The molecule has 34 heavy (non-hydrogen) atoms. The van der Waals surface area contributed by atoms with Gasteiger partial charge >= 0.3 is 0 Å². The number of hydroxylamine groups is 2. The summed E-state index contributed by atoms with van der Waals surface area (Å²) in [7, 11) is 2.45. The van der Waals surface area contributed by atoms with Crippen LogP contribution in [0.2, 0.25) is 10.0 Å². The van der Waals surface area contributed by atoms with E-state index in [-0.39, 0.29) is 10.8 Å². The third kappa shape index (κ3) is 5.45. The monoisotopic (exact) mass is 539 g/mol. The molecular weight excluding hydrogens is 517 g/mol. The van der Waals surface area contributed by atoms with Crippen molar-refractivity contribution in [2.75, 3.05) is 28.3 Å². The number of benzene rings is 2. The summed E-state index contributed by atoms with van der Waals surface area (Å²) < 4.78 is 28.6. The molecule has 3 rings (SSSR count). The van der Waals surface area contributed by atoms with E-state index < -0.39 is 10.0 Å². The summed E-state index contributed by atoms with van der Waals surface area (Å²) in [5.74, 6) is -0.329. The van der Waals surface area contributed by atoms with Crippen LogP contribution in [-0.4, -0.2) is 58.9 Å². The van der Waals surface area contributed by atoms with E-state index >= 15 is 0 Å². The topological polar surface area (TPSA) is 79.3 Å². The van der Waals surface area contributed by atoms with Gasteiger partial charge in [-0.2, -0.15) is 8.42 Å². The van der Waals surface area contributed by atoms with Crippen molar-refractivity contribution in [1.82, 2.24) is 9.96 Å². The number of rotatable bonds is 7. The largest absolute Gasteiger partial charge is 0.368 e. The molecule has 0 saturated carbocycles. The molecule has 0 fully saturated rings. The lowest BCUT2D eigenvalue weighted by molar-refractivity contribution is -0.0753.